The second-order valence-electron chi connectivity index (χ2n) is 8.19. The number of nitrogens with zero attached hydrogens (tertiary/aromatic N) is 1. The molecule has 0 amide bonds. The van der Waals surface area contributed by atoms with Gasteiger partial charge in [0.05, 0.1) is 38.5 Å². The third kappa shape index (κ3) is 4.06. The van der Waals surface area contributed by atoms with Gasteiger partial charge in [-0.25, -0.2) is 14.4 Å². The van der Waals surface area contributed by atoms with Crippen LogP contribution in [0.25, 0.3) is 0 Å². The zero-order valence-corrected chi connectivity index (χ0v) is 20.5. The molecule has 0 spiro atoms. The topological polar surface area (TPSA) is 99.2 Å². The highest BCUT2D eigenvalue weighted by molar-refractivity contribution is 6.29. The maximum atomic E-state index is 14.5. The first-order chi connectivity index (χ1) is 17.9. The van der Waals surface area contributed by atoms with E-state index in [2.05, 4.69) is 0 Å². The predicted octanol–water partition coefficient (Wildman–Crippen LogP) is 3.69. The molecule has 0 saturated heterocycles. The van der Waals surface area contributed by atoms with Gasteiger partial charge >= 0.3 is 17.9 Å². The van der Waals surface area contributed by atoms with Gasteiger partial charge in [-0.2, -0.15) is 0 Å². The average molecular weight is 500 g/mol. The summed E-state index contributed by atoms with van der Waals surface area (Å²) in [4.78, 5) is 56.7. The van der Waals surface area contributed by atoms with Crippen LogP contribution in [0.1, 0.15) is 22.0 Å². The molecule has 2 atom stereocenters. The lowest BCUT2D eigenvalue weighted by molar-refractivity contribution is -0.147. The van der Waals surface area contributed by atoms with Crippen LogP contribution in [-0.2, 0) is 28.6 Å². The summed E-state index contributed by atoms with van der Waals surface area (Å²) < 4.78 is 15.4. The van der Waals surface area contributed by atoms with E-state index >= 15 is 0 Å². The van der Waals surface area contributed by atoms with Crippen LogP contribution in [0.15, 0.2) is 102 Å². The molecule has 8 heteroatoms. The molecule has 3 aromatic carbocycles. The Bertz CT molecular complexity index is 1350. The van der Waals surface area contributed by atoms with E-state index < -0.39 is 40.8 Å². The third-order valence-electron chi connectivity index (χ3n) is 6.31. The number of carbonyl (C=O) groups excluding carboxylic acids is 4. The van der Waals surface area contributed by atoms with E-state index in [4.69, 9.17) is 14.2 Å². The number of para-hydroxylation sites is 1. The van der Waals surface area contributed by atoms with Gasteiger partial charge in [0.15, 0.2) is 0 Å². The van der Waals surface area contributed by atoms with Crippen molar-refractivity contribution in [3.63, 3.8) is 0 Å². The van der Waals surface area contributed by atoms with Gasteiger partial charge in [-0.05, 0) is 17.7 Å². The SMILES string of the molecule is COC(=O)C1=C(C(=O)OC)[C@](C(=O)OC)(C(=O)c2ccccc2)N(c2ccccc2)[C@@H]1c1ccccc1. The van der Waals surface area contributed by atoms with E-state index in [1.807, 2.05) is 0 Å². The Hall–Kier alpha value is -4.72. The number of Topliss-reactive ketones (excluding diaryl/α,β-unsaturated/α-hetero) is 1. The lowest BCUT2D eigenvalue weighted by Gasteiger charge is -2.41. The first-order valence-electron chi connectivity index (χ1n) is 11.4. The highest BCUT2D eigenvalue weighted by atomic mass is 16.5. The number of esters is 3. The molecule has 0 aromatic heterocycles. The van der Waals surface area contributed by atoms with Crippen LogP contribution < -0.4 is 4.90 Å². The lowest BCUT2D eigenvalue weighted by Crippen LogP contribution is -2.61. The van der Waals surface area contributed by atoms with Crippen molar-refractivity contribution in [1.82, 2.24) is 0 Å². The van der Waals surface area contributed by atoms with Crippen molar-refractivity contribution in [3.8, 4) is 0 Å². The number of carbonyl (C=O) groups is 4. The van der Waals surface area contributed by atoms with Crippen LogP contribution in [-0.4, -0.2) is 50.6 Å². The second-order valence-corrected chi connectivity index (χ2v) is 8.19. The van der Waals surface area contributed by atoms with Crippen molar-refractivity contribution in [2.24, 2.45) is 0 Å². The Labute approximate surface area is 214 Å². The van der Waals surface area contributed by atoms with Crippen molar-refractivity contribution < 1.29 is 33.4 Å². The van der Waals surface area contributed by atoms with Crippen LogP contribution in [0.2, 0.25) is 0 Å². The molecular formula is C29H25NO7. The Morgan fingerprint density at radius 3 is 1.70 bits per heavy atom. The van der Waals surface area contributed by atoms with Crippen LogP contribution >= 0.6 is 0 Å². The fourth-order valence-electron chi connectivity index (χ4n) is 4.80. The zero-order chi connectivity index (χ0) is 26.6. The fraction of sp³-hybridized carbons (Fsp3) is 0.172. The third-order valence-corrected chi connectivity index (χ3v) is 6.31. The van der Waals surface area contributed by atoms with Crippen LogP contribution in [0.5, 0.6) is 0 Å². The predicted molar refractivity (Wildman–Crippen MR) is 135 cm³/mol. The minimum absolute atomic E-state index is 0.133. The first kappa shape index (κ1) is 25.4. The number of hydrogen-bond acceptors (Lipinski definition) is 8. The normalized spacial score (nSPS) is 18.8. The molecule has 3 aromatic rings. The average Bonchev–Trinajstić information content (AvgIpc) is 3.29. The number of ketones is 1. The Morgan fingerprint density at radius 2 is 1.19 bits per heavy atom. The van der Waals surface area contributed by atoms with Crippen molar-refractivity contribution in [3.05, 3.63) is 113 Å². The molecule has 1 aliphatic heterocycles. The van der Waals surface area contributed by atoms with E-state index in [1.165, 1.54) is 17.0 Å². The molecule has 1 aliphatic rings. The highest BCUT2D eigenvalue weighted by Crippen LogP contribution is 2.52. The number of anilines is 1. The molecule has 0 saturated carbocycles. The maximum absolute atomic E-state index is 14.5. The Morgan fingerprint density at radius 1 is 0.676 bits per heavy atom. The van der Waals surface area contributed by atoms with E-state index in [0.717, 1.165) is 21.3 Å². The van der Waals surface area contributed by atoms with Gasteiger partial charge in [0.1, 0.15) is 0 Å². The molecule has 0 unspecified atom stereocenters. The van der Waals surface area contributed by atoms with Gasteiger partial charge < -0.3 is 19.1 Å². The summed E-state index contributed by atoms with van der Waals surface area (Å²) in [5.74, 6) is -3.73. The summed E-state index contributed by atoms with van der Waals surface area (Å²) in [6.07, 6.45) is 0. The molecular weight excluding hydrogens is 474 g/mol. The number of rotatable bonds is 7. The molecule has 1 heterocycles. The zero-order valence-electron chi connectivity index (χ0n) is 20.5. The minimum Gasteiger partial charge on any atom is -0.467 e. The number of methoxy groups -OCH3 is 3. The molecule has 4 rings (SSSR count). The Balaban J connectivity index is 2.22. The largest absolute Gasteiger partial charge is 0.467 e. The van der Waals surface area contributed by atoms with E-state index in [0.29, 0.717) is 11.3 Å². The summed E-state index contributed by atoms with van der Waals surface area (Å²) in [5.41, 5.74) is -1.99. The lowest BCUT2D eigenvalue weighted by atomic mass is 9.81. The fourth-order valence-corrected chi connectivity index (χ4v) is 4.80. The van der Waals surface area contributed by atoms with Crippen molar-refractivity contribution in [2.75, 3.05) is 26.2 Å². The summed E-state index contributed by atoms with van der Waals surface area (Å²) in [5, 5.41) is 0. The van der Waals surface area contributed by atoms with Crippen molar-refractivity contribution in [1.29, 1.82) is 0 Å². The molecule has 0 N–H and O–H groups in total. The minimum atomic E-state index is -2.41. The molecule has 0 radical (unpaired) electrons. The van der Waals surface area contributed by atoms with Crippen molar-refractivity contribution in [2.45, 2.75) is 11.6 Å². The molecule has 0 bridgehead atoms. The molecule has 0 fully saturated rings. The van der Waals surface area contributed by atoms with E-state index in [1.54, 1.807) is 78.9 Å². The monoisotopic (exact) mass is 499 g/mol. The van der Waals surface area contributed by atoms with Gasteiger partial charge in [0.2, 0.25) is 11.3 Å². The molecule has 37 heavy (non-hydrogen) atoms. The molecule has 0 aliphatic carbocycles. The molecule has 188 valence electrons. The maximum Gasteiger partial charge on any atom is 0.345 e. The summed E-state index contributed by atoms with van der Waals surface area (Å²) in [6.45, 7) is 0. The molecule has 8 nitrogen and oxygen atoms in total. The quantitative estimate of drug-likeness (QED) is 0.210. The van der Waals surface area contributed by atoms with Crippen LogP contribution in [0.3, 0.4) is 0 Å². The number of ether oxygens (including phenoxy) is 3. The van der Waals surface area contributed by atoms with Gasteiger partial charge in [0, 0.05) is 11.3 Å². The number of hydrogen-bond donors (Lipinski definition) is 0. The highest BCUT2D eigenvalue weighted by Gasteiger charge is 2.67. The van der Waals surface area contributed by atoms with E-state index in [-0.39, 0.29) is 11.1 Å². The van der Waals surface area contributed by atoms with Crippen molar-refractivity contribution >= 4 is 29.4 Å². The first-order valence-corrected chi connectivity index (χ1v) is 11.4. The van der Waals surface area contributed by atoms with Crippen LogP contribution in [0, 0.1) is 0 Å². The summed E-state index contributed by atoms with van der Waals surface area (Å²) in [6, 6.07) is 24.3. The van der Waals surface area contributed by atoms with E-state index in [9.17, 15) is 19.2 Å². The Kier molecular flexibility index (Phi) is 7.20. The van der Waals surface area contributed by atoms with Gasteiger partial charge in [-0.15, -0.1) is 0 Å². The smallest absolute Gasteiger partial charge is 0.345 e. The standard InChI is InChI=1S/C29H25NO7/c1-35-26(32)22-23(27(33)36-2)29(28(34)37-3,25(31)20-15-9-5-10-16-20)30(21-17-11-6-12-18-21)24(22)19-13-7-4-8-14-19/h4-18,24H,1-3H3/t24-,29-/m1/s1. The second kappa shape index (κ2) is 10.5. The van der Waals surface area contributed by atoms with Gasteiger partial charge in [0.25, 0.3) is 0 Å². The van der Waals surface area contributed by atoms with Crippen LogP contribution in [0.4, 0.5) is 5.69 Å². The van der Waals surface area contributed by atoms with Gasteiger partial charge in [-0.3, -0.25) is 4.79 Å². The summed E-state index contributed by atoms with van der Waals surface area (Å²) in [7, 11) is 3.40. The summed E-state index contributed by atoms with van der Waals surface area (Å²) >= 11 is 0. The van der Waals surface area contributed by atoms with Gasteiger partial charge in [-0.1, -0.05) is 78.9 Å². The number of benzene rings is 3.